The Morgan fingerprint density at radius 3 is 2.68 bits per heavy atom. The lowest BCUT2D eigenvalue weighted by Gasteiger charge is -2.34. The SMILES string of the molecule is CS(=O)(=O)c1ccc2ncnc(N3CCOC(c4ccc(F)c(F)c4)C3)c2c1. The third-order valence-corrected chi connectivity index (χ3v) is 5.81. The first-order valence-electron chi connectivity index (χ1n) is 8.59. The summed E-state index contributed by atoms with van der Waals surface area (Å²) in [5, 5.41) is 0.608. The number of ether oxygens (including phenoxy) is 1. The van der Waals surface area contributed by atoms with Crippen LogP contribution in [0.15, 0.2) is 47.6 Å². The molecule has 0 saturated carbocycles. The first kappa shape index (κ1) is 18.7. The van der Waals surface area contributed by atoms with E-state index in [0.29, 0.717) is 42.0 Å². The molecule has 1 aliphatic rings. The number of halogens is 2. The van der Waals surface area contributed by atoms with Crippen LogP contribution in [0.2, 0.25) is 0 Å². The molecule has 1 unspecified atom stereocenters. The summed E-state index contributed by atoms with van der Waals surface area (Å²) >= 11 is 0. The highest BCUT2D eigenvalue weighted by Gasteiger charge is 2.25. The van der Waals surface area contributed by atoms with Crippen molar-refractivity contribution in [2.45, 2.75) is 11.0 Å². The van der Waals surface area contributed by atoms with Gasteiger partial charge in [-0.2, -0.15) is 0 Å². The lowest BCUT2D eigenvalue weighted by atomic mass is 10.1. The van der Waals surface area contributed by atoms with Crippen LogP contribution >= 0.6 is 0 Å². The zero-order valence-electron chi connectivity index (χ0n) is 15.0. The molecule has 0 spiro atoms. The van der Waals surface area contributed by atoms with E-state index in [1.54, 1.807) is 12.1 Å². The highest BCUT2D eigenvalue weighted by molar-refractivity contribution is 7.90. The number of hydrogen-bond donors (Lipinski definition) is 0. The molecule has 4 rings (SSSR count). The van der Waals surface area contributed by atoms with Crippen molar-refractivity contribution < 1.29 is 21.9 Å². The standard InChI is InChI=1S/C19H17F2N3O3S/c1-28(25,26)13-3-5-17-14(9-13)19(23-11-22-17)24-6-7-27-18(10-24)12-2-4-15(20)16(21)8-12/h2-5,8-9,11,18H,6-7,10H2,1H3. The average molecular weight is 405 g/mol. The summed E-state index contributed by atoms with van der Waals surface area (Å²) in [7, 11) is -3.38. The molecule has 1 aliphatic heterocycles. The van der Waals surface area contributed by atoms with Crippen molar-refractivity contribution >= 4 is 26.6 Å². The van der Waals surface area contributed by atoms with Gasteiger partial charge in [-0.1, -0.05) is 6.07 Å². The molecule has 0 amide bonds. The lowest BCUT2D eigenvalue weighted by molar-refractivity contribution is 0.0393. The van der Waals surface area contributed by atoms with E-state index in [1.165, 1.54) is 18.5 Å². The minimum atomic E-state index is -3.38. The molecule has 2 aromatic carbocycles. The fraction of sp³-hybridized carbons (Fsp3) is 0.263. The van der Waals surface area contributed by atoms with Crippen LogP contribution in [0.4, 0.5) is 14.6 Å². The molecule has 1 atom stereocenters. The second kappa shape index (κ2) is 7.06. The Morgan fingerprint density at radius 1 is 1.11 bits per heavy atom. The van der Waals surface area contributed by atoms with Crippen LogP contribution < -0.4 is 4.90 Å². The molecule has 0 radical (unpaired) electrons. The summed E-state index contributed by atoms with van der Waals surface area (Å²) < 4.78 is 56.4. The maximum atomic E-state index is 13.6. The van der Waals surface area contributed by atoms with Crippen LogP contribution in [0.3, 0.4) is 0 Å². The first-order chi connectivity index (χ1) is 13.3. The minimum Gasteiger partial charge on any atom is -0.370 e. The first-order valence-corrected chi connectivity index (χ1v) is 10.5. The average Bonchev–Trinajstić information content (AvgIpc) is 2.68. The van der Waals surface area contributed by atoms with Crippen molar-refractivity contribution in [2.75, 3.05) is 30.9 Å². The predicted octanol–water partition coefficient (Wildman–Crippen LogP) is 2.89. The van der Waals surface area contributed by atoms with Gasteiger partial charge in [-0.3, -0.25) is 0 Å². The Morgan fingerprint density at radius 2 is 1.93 bits per heavy atom. The molecule has 28 heavy (non-hydrogen) atoms. The molecule has 1 saturated heterocycles. The molecular weight excluding hydrogens is 388 g/mol. The van der Waals surface area contributed by atoms with Crippen molar-refractivity contribution in [1.82, 2.24) is 9.97 Å². The van der Waals surface area contributed by atoms with Gasteiger partial charge in [0, 0.05) is 24.7 Å². The number of morpholine rings is 1. The normalized spacial score (nSPS) is 17.8. The van der Waals surface area contributed by atoms with Gasteiger partial charge >= 0.3 is 0 Å². The number of fused-ring (bicyclic) bond motifs is 1. The third kappa shape index (κ3) is 3.55. The zero-order chi connectivity index (χ0) is 19.9. The van der Waals surface area contributed by atoms with E-state index in [9.17, 15) is 17.2 Å². The Hall–Kier alpha value is -2.65. The maximum Gasteiger partial charge on any atom is 0.175 e. The van der Waals surface area contributed by atoms with Gasteiger partial charge in [0.25, 0.3) is 0 Å². The largest absolute Gasteiger partial charge is 0.370 e. The van der Waals surface area contributed by atoms with E-state index in [0.717, 1.165) is 18.4 Å². The van der Waals surface area contributed by atoms with Crippen LogP contribution in [0.1, 0.15) is 11.7 Å². The van der Waals surface area contributed by atoms with E-state index in [2.05, 4.69) is 9.97 Å². The summed E-state index contributed by atoms with van der Waals surface area (Å²) in [6, 6.07) is 8.41. The second-order valence-electron chi connectivity index (χ2n) is 6.63. The number of benzene rings is 2. The number of anilines is 1. The summed E-state index contributed by atoms with van der Waals surface area (Å²) in [4.78, 5) is 10.7. The van der Waals surface area contributed by atoms with Gasteiger partial charge < -0.3 is 9.64 Å². The highest BCUT2D eigenvalue weighted by atomic mass is 32.2. The number of hydrogen-bond acceptors (Lipinski definition) is 6. The minimum absolute atomic E-state index is 0.182. The third-order valence-electron chi connectivity index (χ3n) is 4.70. The molecule has 3 aromatic rings. The van der Waals surface area contributed by atoms with Crippen molar-refractivity contribution in [2.24, 2.45) is 0 Å². The van der Waals surface area contributed by atoms with E-state index < -0.39 is 27.6 Å². The molecule has 146 valence electrons. The molecule has 0 bridgehead atoms. The van der Waals surface area contributed by atoms with Crippen molar-refractivity contribution in [3.05, 3.63) is 59.9 Å². The van der Waals surface area contributed by atoms with E-state index in [4.69, 9.17) is 4.74 Å². The van der Waals surface area contributed by atoms with Gasteiger partial charge in [0.05, 0.1) is 17.0 Å². The summed E-state index contributed by atoms with van der Waals surface area (Å²) in [6.07, 6.45) is 2.10. The zero-order valence-corrected chi connectivity index (χ0v) is 15.8. The van der Waals surface area contributed by atoms with Gasteiger partial charge in [-0.25, -0.2) is 27.2 Å². The van der Waals surface area contributed by atoms with Crippen LogP contribution in [-0.4, -0.2) is 44.3 Å². The predicted molar refractivity (Wildman–Crippen MR) is 99.9 cm³/mol. The summed E-state index contributed by atoms with van der Waals surface area (Å²) in [6.45, 7) is 1.25. The molecule has 0 N–H and O–H groups in total. The molecule has 1 aromatic heterocycles. The van der Waals surface area contributed by atoms with Gasteiger partial charge in [-0.05, 0) is 35.9 Å². The van der Waals surface area contributed by atoms with E-state index in [1.807, 2.05) is 4.90 Å². The van der Waals surface area contributed by atoms with Crippen LogP contribution in [0.25, 0.3) is 10.9 Å². The number of nitrogens with zero attached hydrogens (tertiary/aromatic N) is 3. The lowest BCUT2D eigenvalue weighted by Crippen LogP contribution is -2.39. The molecule has 1 fully saturated rings. The second-order valence-corrected chi connectivity index (χ2v) is 8.64. The van der Waals surface area contributed by atoms with Crippen molar-refractivity contribution in [1.29, 1.82) is 0 Å². The molecule has 6 nitrogen and oxygen atoms in total. The van der Waals surface area contributed by atoms with Crippen LogP contribution in [0, 0.1) is 11.6 Å². The van der Waals surface area contributed by atoms with Crippen molar-refractivity contribution in [3.8, 4) is 0 Å². The van der Waals surface area contributed by atoms with Crippen LogP contribution in [-0.2, 0) is 14.6 Å². The molecule has 9 heteroatoms. The molecule has 2 heterocycles. The fourth-order valence-corrected chi connectivity index (χ4v) is 3.91. The summed E-state index contributed by atoms with van der Waals surface area (Å²) in [5.41, 5.74) is 1.15. The Bertz CT molecular complexity index is 1150. The monoisotopic (exact) mass is 405 g/mol. The molecular formula is C19H17F2N3O3S. The van der Waals surface area contributed by atoms with Gasteiger partial charge in [0.2, 0.25) is 0 Å². The fourth-order valence-electron chi connectivity index (χ4n) is 3.26. The van der Waals surface area contributed by atoms with E-state index >= 15 is 0 Å². The Balaban J connectivity index is 1.71. The van der Waals surface area contributed by atoms with Gasteiger partial charge in [-0.15, -0.1) is 0 Å². The smallest absolute Gasteiger partial charge is 0.175 e. The van der Waals surface area contributed by atoms with Crippen molar-refractivity contribution in [3.63, 3.8) is 0 Å². The Kier molecular flexibility index (Phi) is 4.72. The van der Waals surface area contributed by atoms with E-state index in [-0.39, 0.29) is 4.90 Å². The maximum absolute atomic E-state index is 13.6. The summed E-state index contributed by atoms with van der Waals surface area (Å²) in [5.74, 6) is -1.26. The van der Waals surface area contributed by atoms with Gasteiger partial charge in [0.15, 0.2) is 21.5 Å². The van der Waals surface area contributed by atoms with Gasteiger partial charge in [0.1, 0.15) is 18.2 Å². The number of aromatic nitrogens is 2. The topological polar surface area (TPSA) is 72.4 Å². The highest BCUT2D eigenvalue weighted by Crippen LogP contribution is 2.30. The van der Waals surface area contributed by atoms with Crippen LogP contribution in [0.5, 0.6) is 0 Å². The Labute approximate surface area is 160 Å². The number of rotatable bonds is 3. The number of sulfone groups is 1. The quantitative estimate of drug-likeness (QED) is 0.667. The molecule has 0 aliphatic carbocycles.